The average molecular weight is 325 g/mol. The van der Waals surface area contributed by atoms with Gasteiger partial charge in [-0.1, -0.05) is 18.5 Å². The molecule has 21 heavy (non-hydrogen) atoms. The Balaban J connectivity index is 2.33. The maximum absolute atomic E-state index is 12.2. The van der Waals surface area contributed by atoms with Crippen LogP contribution in [0.4, 0.5) is 5.69 Å². The summed E-state index contributed by atoms with van der Waals surface area (Å²) in [6.07, 6.45) is 7.92. The molecule has 2 aromatic heterocycles. The van der Waals surface area contributed by atoms with Crippen LogP contribution in [0.1, 0.15) is 13.3 Å². The fourth-order valence-corrected chi connectivity index (χ4v) is 2.59. The van der Waals surface area contributed by atoms with Crippen LogP contribution in [0.25, 0.3) is 5.69 Å². The van der Waals surface area contributed by atoms with Crippen LogP contribution in [0.5, 0.6) is 0 Å². The quantitative estimate of drug-likeness (QED) is 0.819. The molecular weight excluding hydrogens is 308 g/mol. The first kappa shape index (κ1) is 15.9. The van der Waals surface area contributed by atoms with Gasteiger partial charge in [-0.15, -0.1) is 0 Å². The number of carbonyl (C=O) groups excluding carboxylic acids is 1. The van der Waals surface area contributed by atoms with Crippen LogP contribution in [-0.2, 0) is 4.79 Å². The summed E-state index contributed by atoms with van der Waals surface area (Å²) in [6.45, 7) is 2.65. The topological polar surface area (TPSA) is 51.0 Å². The van der Waals surface area contributed by atoms with Crippen molar-refractivity contribution in [2.45, 2.75) is 13.3 Å². The zero-order valence-corrected chi connectivity index (χ0v) is 13.6. The molecule has 0 N–H and O–H groups in total. The average Bonchev–Trinajstić information content (AvgIpc) is 2.87. The highest BCUT2D eigenvalue weighted by Gasteiger charge is 2.20. The molecule has 5 nitrogen and oxygen atoms in total. The second-order valence-electron chi connectivity index (χ2n) is 4.44. The van der Waals surface area contributed by atoms with E-state index < -0.39 is 0 Å². The Hall–Kier alpha value is -1.53. The number of halogens is 1. The van der Waals surface area contributed by atoms with Crippen molar-refractivity contribution >= 4 is 35.0 Å². The molecule has 0 spiro atoms. The lowest BCUT2D eigenvalue weighted by Crippen LogP contribution is -2.33. The molecule has 0 aromatic carbocycles. The van der Waals surface area contributed by atoms with Crippen LogP contribution in [0, 0.1) is 0 Å². The number of hydrogen-bond acceptors (Lipinski definition) is 4. The van der Waals surface area contributed by atoms with Gasteiger partial charge < -0.3 is 4.90 Å². The molecule has 0 fully saturated rings. The normalized spacial score (nSPS) is 10.6. The Bertz CT molecular complexity index is 602. The highest BCUT2D eigenvalue weighted by atomic mass is 35.5. The van der Waals surface area contributed by atoms with E-state index in [4.69, 9.17) is 11.6 Å². The van der Waals surface area contributed by atoms with Crippen LogP contribution < -0.4 is 4.90 Å². The summed E-state index contributed by atoms with van der Waals surface area (Å²) >= 11 is 7.71. The van der Waals surface area contributed by atoms with Gasteiger partial charge >= 0.3 is 0 Å². The minimum atomic E-state index is 0.0389. The second-order valence-corrected chi connectivity index (χ2v) is 5.66. The zero-order chi connectivity index (χ0) is 15.2. The van der Waals surface area contributed by atoms with Crippen molar-refractivity contribution in [2.24, 2.45) is 0 Å². The van der Waals surface area contributed by atoms with E-state index in [1.165, 1.54) is 11.8 Å². The van der Waals surface area contributed by atoms with Crippen LogP contribution >= 0.6 is 23.4 Å². The van der Waals surface area contributed by atoms with Crippen LogP contribution in [0.15, 0.2) is 30.7 Å². The first-order chi connectivity index (χ1) is 10.2. The fraction of sp³-hybridized carbons (Fsp3) is 0.357. The molecule has 0 saturated heterocycles. The Morgan fingerprint density at radius 3 is 2.95 bits per heavy atom. The Morgan fingerprint density at radius 1 is 1.52 bits per heavy atom. The third-order valence-corrected chi connectivity index (χ3v) is 3.67. The van der Waals surface area contributed by atoms with E-state index >= 15 is 0 Å². The molecule has 0 radical (unpaired) electrons. The molecule has 0 aliphatic carbocycles. The van der Waals surface area contributed by atoms with E-state index in [-0.39, 0.29) is 5.91 Å². The summed E-state index contributed by atoms with van der Waals surface area (Å²) in [5, 5.41) is 4.59. The summed E-state index contributed by atoms with van der Waals surface area (Å²) < 4.78 is 1.64. The second kappa shape index (κ2) is 7.47. The van der Waals surface area contributed by atoms with Gasteiger partial charge in [0, 0.05) is 12.7 Å². The minimum absolute atomic E-state index is 0.0389. The van der Waals surface area contributed by atoms with E-state index in [9.17, 15) is 4.79 Å². The lowest BCUT2D eigenvalue weighted by molar-refractivity contribution is -0.116. The summed E-state index contributed by atoms with van der Waals surface area (Å²) in [4.78, 5) is 18.0. The molecule has 7 heteroatoms. The predicted molar refractivity (Wildman–Crippen MR) is 87.4 cm³/mol. The summed E-state index contributed by atoms with van der Waals surface area (Å²) in [5.74, 6) is 0.464. The monoisotopic (exact) mass is 324 g/mol. The molecule has 112 valence electrons. The summed E-state index contributed by atoms with van der Waals surface area (Å²) in [5.41, 5.74) is 1.45. The molecule has 0 aliphatic heterocycles. The minimum Gasteiger partial charge on any atom is -0.308 e. The van der Waals surface area contributed by atoms with E-state index in [0.29, 0.717) is 23.1 Å². The van der Waals surface area contributed by atoms with Crippen molar-refractivity contribution in [1.29, 1.82) is 0 Å². The molecule has 2 heterocycles. The Kier molecular flexibility index (Phi) is 5.64. The SMILES string of the molecule is CCCN(C(=O)CSC)c1cn(-c2cccnc2)nc1Cl. The van der Waals surface area contributed by atoms with E-state index in [1.807, 2.05) is 25.3 Å². The first-order valence-corrected chi connectivity index (χ1v) is 8.39. The smallest absolute Gasteiger partial charge is 0.237 e. The first-order valence-electron chi connectivity index (χ1n) is 6.62. The van der Waals surface area contributed by atoms with Crippen LogP contribution in [0.3, 0.4) is 0 Å². The molecular formula is C14H17ClN4OS. The molecule has 1 amide bonds. The summed E-state index contributed by atoms with van der Waals surface area (Å²) in [6, 6.07) is 3.71. The van der Waals surface area contributed by atoms with Crippen molar-refractivity contribution in [1.82, 2.24) is 14.8 Å². The molecule has 0 bridgehead atoms. The van der Waals surface area contributed by atoms with Gasteiger partial charge in [0.05, 0.1) is 23.8 Å². The van der Waals surface area contributed by atoms with Gasteiger partial charge in [0.1, 0.15) is 5.69 Å². The van der Waals surface area contributed by atoms with Crippen LogP contribution in [0.2, 0.25) is 5.15 Å². The molecule has 2 rings (SSSR count). The lowest BCUT2D eigenvalue weighted by Gasteiger charge is -2.20. The number of carbonyl (C=O) groups is 1. The van der Waals surface area contributed by atoms with Crippen molar-refractivity contribution < 1.29 is 4.79 Å². The van der Waals surface area contributed by atoms with Crippen molar-refractivity contribution in [2.75, 3.05) is 23.5 Å². The van der Waals surface area contributed by atoms with Gasteiger partial charge in [0.15, 0.2) is 5.15 Å². The maximum Gasteiger partial charge on any atom is 0.237 e. The molecule has 0 unspecified atom stereocenters. The Morgan fingerprint density at radius 2 is 2.33 bits per heavy atom. The summed E-state index contributed by atoms with van der Waals surface area (Å²) in [7, 11) is 0. The zero-order valence-electron chi connectivity index (χ0n) is 12.0. The standard InChI is InChI=1S/C14H17ClN4OS/c1-3-7-18(13(20)10-21-2)12-9-19(17-14(12)15)11-5-4-6-16-8-11/h4-6,8-9H,3,7,10H2,1-2H3. The van der Waals surface area contributed by atoms with Gasteiger partial charge in [0.25, 0.3) is 0 Å². The molecule has 0 saturated carbocycles. The van der Waals surface area contributed by atoms with Gasteiger partial charge in [-0.3, -0.25) is 9.78 Å². The number of thioether (sulfide) groups is 1. The van der Waals surface area contributed by atoms with Gasteiger partial charge in [-0.25, -0.2) is 4.68 Å². The fourth-order valence-electron chi connectivity index (χ4n) is 1.95. The van der Waals surface area contributed by atoms with Gasteiger partial charge in [-0.2, -0.15) is 16.9 Å². The maximum atomic E-state index is 12.2. The number of hydrogen-bond donors (Lipinski definition) is 0. The number of aromatic nitrogens is 3. The molecule has 0 atom stereocenters. The Labute approximate surface area is 133 Å². The van der Waals surface area contributed by atoms with Gasteiger partial charge in [0.2, 0.25) is 5.91 Å². The predicted octanol–water partition coefficient (Wildman–Crippen LogP) is 3.03. The molecule has 2 aromatic rings. The number of pyridine rings is 1. The van der Waals surface area contributed by atoms with Crippen molar-refractivity contribution in [3.63, 3.8) is 0 Å². The number of rotatable bonds is 6. The highest BCUT2D eigenvalue weighted by Crippen LogP contribution is 2.26. The van der Waals surface area contributed by atoms with Crippen LogP contribution in [-0.4, -0.2) is 39.2 Å². The largest absolute Gasteiger partial charge is 0.308 e. The highest BCUT2D eigenvalue weighted by molar-refractivity contribution is 7.99. The van der Waals surface area contributed by atoms with E-state index in [1.54, 1.807) is 28.2 Å². The number of nitrogens with zero attached hydrogens (tertiary/aromatic N) is 4. The third-order valence-electron chi connectivity index (χ3n) is 2.87. The van der Waals surface area contributed by atoms with Gasteiger partial charge in [-0.05, 0) is 24.8 Å². The van der Waals surface area contributed by atoms with Crippen molar-refractivity contribution in [3.05, 3.63) is 35.9 Å². The van der Waals surface area contributed by atoms with Crippen molar-refractivity contribution in [3.8, 4) is 5.69 Å². The number of anilines is 1. The lowest BCUT2D eigenvalue weighted by atomic mass is 10.3. The number of amides is 1. The molecule has 0 aliphatic rings. The third kappa shape index (κ3) is 3.77. The van der Waals surface area contributed by atoms with E-state index in [2.05, 4.69) is 10.1 Å². The van der Waals surface area contributed by atoms with E-state index in [0.717, 1.165) is 12.1 Å².